The molecule has 0 aromatic rings. The monoisotopic (exact) mass is 205 g/mol. The fourth-order valence-corrected chi connectivity index (χ4v) is 1.24. The van der Waals surface area contributed by atoms with Crippen LogP contribution in [0, 0.1) is 0 Å². The summed E-state index contributed by atoms with van der Waals surface area (Å²) in [7, 11) is 0. The van der Waals surface area contributed by atoms with Gasteiger partial charge >= 0.3 is 6.18 Å². The van der Waals surface area contributed by atoms with Crippen LogP contribution in [0.4, 0.5) is 13.2 Å². The molecule has 1 aliphatic carbocycles. The van der Waals surface area contributed by atoms with Crippen molar-refractivity contribution in [3.63, 3.8) is 0 Å². The van der Waals surface area contributed by atoms with Crippen molar-refractivity contribution in [2.45, 2.75) is 37.5 Å². The van der Waals surface area contributed by atoms with E-state index in [0.717, 1.165) is 0 Å². The van der Waals surface area contributed by atoms with Crippen LogP contribution >= 0.6 is 0 Å². The Bertz CT molecular complexity index is 128. The third-order valence-corrected chi connectivity index (χ3v) is 1.96. The minimum atomic E-state index is -4.43. The summed E-state index contributed by atoms with van der Waals surface area (Å²) >= 11 is 0. The van der Waals surface area contributed by atoms with E-state index in [1.54, 1.807) is 0 Å². The van der Waals surface area contributed by atoms with E-state index in [-0.39, 0.29) is 31.4 Å². The maximum absolute atomic E-state index is 11.9. The standard InChI is InChI=1S/C6H9F3O.V/c7-6(8,9)5(10)3-1-2-4-5;/h10H,1-4H2;. The van der Waals surface area contributed by atoms with E-state index in [2.05, 4.69) is 0 Å². The fourth-order valence-electron chi connectivity index (χ4n) is 1.24. The van der Waals surface area contributed by atoms with Crippen LogP contribution in [0.3, 0.4) is 0 Å². The Morgan fingerprint density at radius 3 is 1.64 bits per heavy atom. The summed E-state index contributed by atoms with van der Waals surface area (Å²) in [5.74, 6) is 0. The van der Waals surface area contributed by atoms with Gasteiger partial charge in [0.05, 0.1) is 0 Å². The third-order valence-electron chi connectivity index (χ3n) is 1.96. The zero-order chi connectivity index (χ0) is 7.83. The van der Waals surface area contributed by atoms with Gasteiger partial charge in [0.2, 0.25) is 0 Å². The first-order chi connectivity index (χ1) is 4.46. The molecule has 0 spiro atoms. The summed E-state index contributed by atoms with van der Waals surface area (Å²) in [5, 5.41) is 8.90. The molecule has 0 bridgehead atoms. The van der Waals surface area contributed by atoms with Gasteiger partial charge in [-0.25, -0.2) is 0 Å². The summed E-state index contributed by atoms with van der Waals surface area (Å²) in [6.07, 6.45) is -3.72. The molecule has 0 atom stereocenters. The number of rotatable bonds is 0. The molecule has 65 valence electrons. The van der Waals surface area contributed by atoms with Crippen LogP contribution in [-0.4, -0.2) is 16.9 Å². The number of alkyl halides is 3. The predicted molar refractivity (Wildman–Crippen MR) is 29.5 cm³/mol. The molecule has 5 heteroatoms. The number of aliphatic hydroxyl groups is 1. The van der Waals surface area contributed by atoms with Crippen LogP contribution in [0.2, 0.25) is 0 Å². The molecule has 1 N–H and O–H groups in total. The van der Waals surface area contributed by atoms with Gasteiger partial charge in [0.25, 0.3) is 0 Å². The third kappa shape index (κ3) is 2.14. The van der Waals surface area contributed by atoms with Gasteiger partial charge < -0.3 is 5.11 Å². The quantitative estimate of drug-likeness (QED) is 0.639. The van der Waals surface area contributed by atoms with Crippen molar-refractivity contribution in [3.05, 3.63) is 0 Å². The molecule has 0 aromatic carbocycles. The molecule has 1 nitrogen and oxygen atoms in total. The van der Waals surface area contributed by atoms with Crippen molar-refractivity contribution < 1.29 is 36.8 Å². The van der Waals surface area contributed by atoms with Crippen LogP contribution in [0.1, 0.15) is 25.7 Å². The molecule has 0 aromatic heterocycles. The Balaban J connectivity index is 0.000001000. The number of halogens is 3. The zero-order valence-electron chi connectivity index (χ0n) is 5.86. The van der Waals surface area contributed by atoms with Gasteiger partial charge in [-0.3, -0.25) is 0 Å². The molecule has 0 unspecified atom stereocenters. The Kier molecular flexibility index (Phi) is 3.48. The Morgan fingerprint density at radius 1 is 1.09 bits per heavy atom. The Hall–Kier alpha value is 0.334. The predicted octanol–water partition coefficient (Wildman–Crippen LogP) is 1.85. The minimum absolute atomic E-state index is 0. The molecule has 1 radical (unpaired) electrons. The second kappa shape index (κ2) is 3.37. The minimum Gasteiger partial charge on any atom is -0.380 e. The van der Waals surface area contributed by atoms with Gasteiger partial charge in [-0.1, -0.05) is 12.8 Å². The topological polar surface area (TPSA) is 20.2 Å². The van der Waals surface area contributed by atoms with E-state index >= 15 is 0 Å². The van der Waals surface area contributed by atoms with Crippen molar-refractivity contribution in [2.75, 3.05) is 0 Å². The molecule has 0 heterocycles. The summed E-state index contributed by atoms with van der Waals surface area (Å²) in [6, 6.07) is 0. The maximum Gasteiger partial charge on any atom is 0.417 e. The van der Waals surface area contributed by atoms with Crippen LogP contribution in [0.15, 0.2) is 0 Å². The Labute approximate surface area is 74.9 Å². The van der Waals surface area contributed by atoms with Gasteiger partial charge in [0.15, 0.2) is 5.60 Å². The molecule has 1 rings (SSSR count). The van der Waals surface area contributed by atoms with E-state index in [9.17, 15) is 13.2 Å². The second-order valence-corrected chi connectivity index (χ2v) is 2.74. The first-order valence-corrected chi connectivity index (χ1v) is 3.25. The molecular weight excluding hydrogens is 196 g/mol. The smallest absolute Gasteiger partial charge is 0.380 e. The number of hydrogen-bond acceptors (Lipinski definition) is 1. The van der Waals surface area contributed by atoms with Crippen molar-refractivity contribution in [1.29, 1.82) is 0 Å². The average molecular weight is 205 g/mol. The van der Waals surface area contributed by atoms with Crippen LogP contribution < -0.4 is 0 Å². The van der Waals surface area contributed by atoms with Crippen LogP contribution in [0.25, 0.3) is 0 Å². The van der Waals surface area contributed by atoms with Crippen molar-refractivity contribution in [2.24, 2.45) is 0 Å². The molecule has 0 aliphatic heterocycles. The normalized spacial score (nSPS) is 22.9. The summed E-state index contributed by atoms with van der Waals surface area (Å²) < 4.78 is 35.7. The van der Waals surface area contributed by atoms with Gasteiger partial charge in [-0.15, -0.1) is 0 Å². The van der Waals surface area contributed by atoms with E-state index in [4.69, 9.17) is 5.11 Å². The van der Waals surface area contributed by atoms with E-state index in [0.29, 0.717) is 12.8 Å². The van der Waals surface area contributed by atoms with E-state index in [1.165, 1.54) is 0 Å². The van der Waals surface area contributed by atoms with Gasteiger partial charge in [-0.05, 0) is 12.8 Å². The van der Waals surface area contributed by atoms with Gasteiger partial charge in [0, 0.05) is 18.6 Å². The molecule has 0 saturated heterocycles. The van der Waals surface area contributed by atoms with E-state index in [1.807, 2.05) is 0 Å². The van der Waals surface area contributed by atoms with Crippen LogP contribution in [0.5, 0.6) is 0 Å². The summed E-state index contributed by atoms with van der Waals surface area (Å²) in [4.78, 5) is 0. The largest absolute Gasteiger partial charge is 0.417 e. The molecular formula is C6H9F3OV. The summed E-state index contributed by atoms with van der Waals surface area (Å²) in [5.41, 5.74) is -2.37. The second-order valence-electron chi connectivity index (χ2n) is 2.74. The van der Waals surface area contributed by atoms with Crippen molar-refractivity contribution in [1.82, 2.24) is 0 Å². The van der Waals surface area contributed by atoms with E-state index < -0.39 is 11.8 Å². The fraction of sp³-hybridized carbons (Fsp3) is 1.00. The van der Waals surface area contributed by atoms with Gasteiger partial charge in [0.1, 0.15) is 0 Å². The zero-order valence-corrected chi connectivity index (χ0v) is 7.25. The van der Waals surface area contributed by atoms with Crippen molar-refractivity contribution >= 4 is 0 Å². The molecule has 1 fully saturated rings. The molecule has 11 heavy (non-hydrogen) atoms. The Morgan fingerprint density at radius 2 is 1.45 bits per heavy atom. The molecule has 0 amide bonds. The van der Waals surface area contributed by atoms with Crippen molar-refractivity contribution in [3.8, 4) is 0 Å². The molecule has 1 saturated carbocycles. The van der Waals surface area contributed by atoms with Crippen LogP contribution in [-0.2, 0) is 18.6 Å². The summed E-state index contributed by atoms with van der Waals surface area (Å²) in [6.45, 7) is 0. The first kappa shape index (κ1) is 11.3. The average Bonchev–Trinajstić information content (AvgIpc) is 2.13. The SMILES string of the molecule is OC1(C(F)(F)F)CCCC1.[V]. The first-order valence-electron chi connectivity index (χ1n) is 3.25. The molecule has 1 aliphatic rings. The number of hydrogen-bond donors (Lipinski definition) is 1. The van der Waals surface area contributed by atoms with Gasteiger partial charge in [-0.2, -0.15) is 13.2 Å². The maximum atomic E-state index is 11.9.